The molecule has 2 aliphatic heterocycles. The van der Waals surface area contributed by atoms with Crippen molar-refractivity contribution >= 4 is 22.9 Å². The lowest BCUT2D eigenvalue weighted by Crippen LogP contribution is -2.45. The maximum Gasteiger partial charge on any atom is 0.172 e. The Hall–Kier alpha value is -1.00. The summed E-state index contributed by atoms with van der Waals surface area (Å²) in [5.74, 6) is 1.52. The minimum atomic E-state index is 0.241. The van der Waals surface area contributed by atoms with E-state index >= 15 is 0 Å². The molecule has 0 radical (unpaired) electrons. The molecule has 2 saturated heterocycles. The number of nitrogens with zero attached hydrogens (tertiary/aromatic N) is 1. The quantitative estimate of drug-likeness (QED) is 0.325. The first-order valence-electron chi connectivity index (χ1n) is 11.6. The summed E-state index contributed by atoms with van der Waals surface area (Å²) >= 11 is 1.62. The third kappa shape index (κ3) is 6.75. The van der Waals surface area contributed by atoms with Gasteiger partial charge in [0.15, 0.2) is 5.78 Å². The fourth-order valence-corrected chi connectivity index (χ4v) is 5.94. The summed E-state index contributed by atoms with van der Waals surface area (Å²) in [6.07, 6.45) is 10.9. The Morgan fingerprint density at radius 2 is 1.76 bits per heavy atom. The van der Waals surface area contributed by atoms with Crippen molar-refractivity contribution in [3.05, 3.63) is 21.9 Å². The van der Waals surface area contributed by atoms with Crippen LogP contribution in [0.4, 0.5) is 0 Å². The zero-order valence-electron chi connectivity index (χ0n) is 18.8. The van der Waals surface area contributed by atoms with Gasteiger partial charge in [-0.05, 0) is 68.9 Å². The Morgan fingerprint density at radius 1 is 1.07 bits per heavy atom. The van der Waals surface area contributed by atoms with Gasteiger partial charge in [-0.2, -0.15) is 0 Å². The van der Waals surface area contributed by atoms with Crippen LogP contribution in [0.3, 0.4) is 0 Å². The van der Waals surface area contributed by atoms with Gasteiger partial charge in [0.25, 0.3) is 0 Å². The van der Waals surface area contributed by atoms with Crippen molar-refractivity contribution in [1.82, 2.24) is 4.90 Å². The molecule has 3 heterocycles. The molecule has 0 aliphatic carbocycles. The summed E-state index contributed by atoms with van der Waals surface area (Å²) in [6, 6.07) is 5.24. The van der Waals surface area contributed by atoms with E-state index in [-0.39, 0.29) is 5.41 Å². The van der Waals surface area contributed by atoms with E-state index in [1.54, 1.807) is 11.3 Å². The number of hydrogen-bond donors (Lipinski definition) is 0. The van der Waals surface area contributed by atoms with Gasteiger partial charge in [-0.3, -0.25) is 14.5 Å². The fraction of sp³-hybridized carbons (Fsp3) is 0.760. The van der Waals surface area contributed by atoms with Crippen molar-refractivity contribution < 1.29 is 9.59 Å². The Kier molecular flexibility index (Phi) is 7.72. The molecule has 1 unspecified atom stereocenters. The van der Waals surface area contributed by atoms with Crippen molar-refractivity contribution in [3.8, 4) is 0 Å². The summed E-state index contributed by atoms with van der Waals surface area (Å²) in [5.41, 5.74) is 0.241. The van der Waals surface area contributed by atoms with E-state index in [4.69, 9.17) is 0 Å². The number of ketones is 2. The van der Waals surface area contributed by atoms with Crippen LogP contribution in [-0.2, 0) is 4.79 Å². The standard InChI is InChI=1S/C25H39NO2S/c1-18-9-12-24(29-18)23(28)8-6-5-7-19-15-20-10-11-21(16-19)26(20)17-22(27)13-14-25(2,3)4/h9,12,19-21H,5-8,10-11,13-17H2,1-4H3/t19?,20-,21+. The summed E-state index contributed by atoms with van der Waals surface area (Å²) < 4.78 is 0. The van der Waals surface area contributed by atoms with E-state index in [1.807, 2.05) is 12.1 Å². The fourth-order valence-electron chi connectivity index (χ4n) is 5.10. The first-order chi connectivity index (χ1) is 13.7. The van der Waals surface area contributed by atoms with Crippen LogP contribution in [0.1, 0.15) is 99.5 Å². The second-order valence-corrected chi connectivity index (χ2v) is 11.9. The Balaban J connectivity index is 1.36. The smallest absolute Gasteiger partial charge is 0.172 e. The second kappa shape index (κ2) is 9.87. The van der Waals surface area contributed by atoms with E-state index < -0.39 is 0 Å². The molecule has 4 heteroatoms. The second-order valence-electron chi connectivity index (χ2n) is 10.6. The lowest BCUT2D eigenvalue weighted by Gasteiger charge is -2.38. The number of aryl methyl sites for hydroxylation is 1. The van der Waals surface area contributed by atoms with Gasteiger partial charge < -0.3 is 0 Å². The van der Waals surface area contributed by atoms with E-state index in [0.717, 1.165) is 36.5 Å². The SMILES string of the molecule is Cc1ccc(C(=O)CCCCC2C[C@H]3CC[C@@H](C2)N3CC(=O)CCC(C)(C)C)s1. The summed E-state index contributed by atoms with van der Waals surface area (Å²) in [5, 5.41) is 0. The van der Waals surface area contributed by atoms with Crippen LogP contribution >= 0.6 is 11.3 Å². The minimum Gasteiger partial charge on any atom is -0.298 e. The third-order valence-corrected chi connectivity index (χ3v) is 7.82. The molecule has 0 N–H and O–H groups in total. The monoisotopic (exact) mass is 417 g/mol. The van der Waals surface area contributed by atoms with Gasteiger partial charge in [-0.15, -0.1) is 11.3 Å². The molecule has 0 amide bonds. The van der Waals surface area contributed by atoms with Crippen molar-refractivity contribution in [2.24, 2.45) is 11.3 Å². The highest BCUT2D eigenvalue weighted by Crippen LogP contribution is 2.40. The average molecular weight is 418 g/mol. The van der Waals surface area contributed by atoms with Crippen molar-refractivity contribution in [1.29, 1.82) is 0 Å². The highest BCUT2D eigenvalue weighted by molar-refractivity contribution is 7.14. The van der Waals surface area contributed by atoms with Gasteiger partial charge in [0.05, 0.1) is 11.4 Å². The molecule has 1 aromatic rings. The van der Waals surface area contributed by atoms with Crippen LogP contribution in [0.15, 0.2) is 12.1 Å². The van der Waals surface area contributed by atoms with Gasteiger partial charge in [0, 0.05) is 29.8 Å². The van der Waals surface area contributed by atoms with Crippen LogP contribution < -0.4 is 0 Å². The topological polar surface area (TPSA) is 37.4 Å². The van der Waals surface area contributed by atoms with Gasteiger partial charge in [0.2, 0.25) is 0 Å². The first kappa shape index (κ1) is 22.7. The van der Waals surface area contributed by atoms with Crippen molar-refractivity contribution in [2.45, 2.75) is 104 Å². The molecule has 0 saturated carbocycles. The molecule has 162 valence electrons. The van der Waals surface area contributed by atoms with E-state index in [2.05, 4.69) is 32.6 Å². The first-order valence-corrected chi connectivity index (χ1v) is 12.4. The molecular formula is C25H39NO2S. The number of piperidine rings is 1. The Labute approximate surface area is 181 Å². The largest absolute Gasteiger partial charge is 0.298 e. The normalized spacial score (nSPS) is 24.8. The lowest BCUT2D eigenvalue weighted by molar-refractivity contribution is -0.122. The number of thiophene rings is 1. The van der Waals surface area contributed by atoms with Crippen LogP contribution in [0.5, 0.6) is 0 Å². The molecule has 0 spiro atoms. The molecule has 3 atom stereocenters. The van der Waals surface area contributed by atoms with Crippen LogP contribution in [0.25, 0.3) is 0 Å². The third-order valence-electron chi connectivity index (χ3n) is 6.78. The summed E-state index contributed by atoms with van der Waals surface area (Å²) in [7, 11) is 0. The van der Waals surface area contributed by atoms with Crippen molar-refractivity contribution in [2.75, 3.05) is 6.54 Å². The maximum atomic E-state index is 12.5. The lowest BCUT2D eigenvalue weighted by atomic mass is 9.86. The van der Waals surface area contributed by atoms with E-state index in [1.165, 1.54) is 37.0 Å². The van der Waals surface area contributed by atoms with Gasteiger partial charge >= 0.3 is 0 Å². The maximum absolute atomic E-state index is 12.5. The van der Waals surface area contributed by atoms with Crippen molar-refractivity contribution in [3.63, 3.8) is 0 Å². The summed E-state index contributed by atoms with van der Waals surface area (Å²) in [6.45, 7) is 9.37. The minimum absolute atomic E-state index is 0.241. The molecule has 0 aromatic carbocycles. The van der Waals surface area contributed by atoms with Crippen LogP contribution in [0, 0.1) is 18.3 Å². The number of hydrogen-bond acceptors (Lipinski definition) is 4. The number of Topliss-reactive ketones (excluding diaryl/α,β-unsaturated/α-hetero) is 2. The van der Waals surface area contributed by atoms with Crippen LogP contribution in [-0.4, -0.2) is 35.1 Å². The Morgan fingerprint density at radius 3 is 2.34 bits per heavy atom. The predicted octanol–water partition coefficient (Wildman–Crippen LogP) is 6.44. The molecule has 3 nitrogen and oxygen atoms in total. The molecule has 3 rings (SSSR count). The van der Waals surface area contributed by atoms with Gasteiger partial charge in [0.1, 0.15) is 5.78 Å². The molecule has 2 aliphatic rings. The zero-order chi connectivity index (χ0) is 21.0. The molecular weight excluding hydrogens is 378 g/mol. The van der Waals surface area contributed by atoms with Gasteiger partial charge in [-0.25, -0.2) is 0 Å². The molecule has 2 bridgehead atoms. The predicted molar refractivity (Wildman–Crippen MR) is 122 cm³/mol. The number of rotatable bonds is 10. The molecule has 29 heavy (non-hydrogen) atoms. The number of unbranched alkanes of at least 4 members (excludes halogenated alkanes) is 1. The average Bonchev–Trinajstić information content (AvgIpc) is 3.17. The molecule has 2 fully saturated rings. The zero-order valence-corrected chi connectivity index (χ0v) is 19.7. The number of carbonyl (C=O) groups is 2. The highest BCUT2D eigenvalue weighted by atomic mass is 32.1. The molecule has 1 aromatic heterocycles. The van der Waals surface area contributed by atoms with Crippen LogP contribution in [0.2, 0.25) is 0 Å². The Bertz CT molecular complexity index is 688. The highest BCUT2D eigenvalue weighted by Gasteiger charge is 2.40. The van der Waals surface area contributed by atoms with E-state index in [0.29, 0.717) is 36.6 Å². The van der Waals surface area contributed by atoms with Gasteiger partial charge in [-0.1, -0.05) is 33.6 Å². The summed E-state index contributed by atoms with van der Waals surface area (Å²) in [4.78, 5) is 29.4. The number of fused-ring (bicyclic) bond motifs is 2. The number of carbonyl (C=O) groups excluding carboxylic acids is 2. The van der Waals surface area contributed by atoms with E-state index in [9.17, 15) is 9.59 Å².